The molecule has 1 amide bonds. The van der Waals surface area contributed by atoms with Crippen LogP contribution in [0.4, 0.5) is 0 Å². The lowest BCUT2D eigenvalue weighted by atomic mass is 10.1. The molecule has 3 N–H and O–H groups in total. The van der Waals surface area contributed by atoms with Gasteiger partial charge in [0.25, 0.3) is 11.5 Å². The first-order valence-corrected chi connectivity index (χ1v) is 5.71. The first-order valence-electron chi connectivity index (χ1n) is 5.71. The number of hydrogen-bond donors (Lipinski definition) is 3. The molecule has 7 heteroatoms. The van der Waals surface area contributed by atoms with Gasteiger partial charge in [0.05, 0.1) is 6.20 Å². The molecule has 1 aromatic heterocycles. The predicted octanol–water partition coefficient (Wildman–Crippen LogP) is 0.326. The van der Waals surface area contributed by atoms with Crippen LogP contribution >= 0.6 is 0 Å². The van der Waals surface area contributed by atoms with Crippen molar-refractivity contribution >= 4 is 11.9 Å². The lowest BCUT2D eigenvalue weighted by molar-refractivity contribution is -0.139. The van der Waals surface area contributed by atoms with Crippen molar-refractivity contribution in [3.63, 3.8) is 0 Å². The molecular weight excluding hydrogens is 262 g/mol. The van der Waals surface area contributed by atoms with E-state index in [4.69, 9.17) is 0 Å². The van der Waals surface area contributed by atoms with Gasteiger partial charge in [-0.1, -0.05) is 30.3 Å². The van der Waals surface area contributed by atoms with Crippen molar-refractivity contribution in [2.75, 3.05) is 0 Å². The number of nitrogens with zero attached hydrogens (tertiary/aromatic N) is 1. The summed E-state index contributed by atoms with van der Waals surface area (Å²) < 4.78 is 0. The van der Waals surface area contributed by atoms with E-state index in [2.05, 4.69) is 15.3 Å². The number of amides is 1. The zero-order chi connectivity index (χ0) is 14.5. The van der Waals surface area contributed by atoms with Gasteiger partial charge >= 0.3 is 5.97 Å². The number of benzene rings is 1. The summed E-state index contributed by atoms with van der Waals surface area (Å²) in [5, 5.41) is 11.5. The Kier molecular flexibility index (Phi) is 3.90. The van der Waals surface area contributed by atoms with Crippen LogP contribution in [0.5, 0.6) is 0 Å². The minimum Gasteiger partial charge on any atom is -0.479 e. The van der Waals surface area contributed by atoms with Crippen LogP contribution in [0.3, 0.4) is 0 Å². The molecule has 20 heavy (non-hydrogen) atoms. The number of carboxylic acid groups (broad SMARTS) is 1. The summed E-state index contributed by atoms with van der Waals surface area (Å²) in [5.41, 5.74) is -0.0658. The molecule has 2 aromatic rings. The second-order valence-corrected chi connectivity index (χ2v) is 3.95. The van der Waals surface area contributed by atoms with E-state index in [9.17, 15) is 19.5 Å². The fraction of sp³-hybridized carbons (Fsp3) is 0.0769. The number of aromatic amines is 1. The maximum absolute atomic E-state index is 11.9. The van der Waals surface area contributed by atoms with E-state index in [1.165, 1.54) is 0 Å². The maximum atomic E-state index is 11.9. The topological polar surface area (TPSA) is 112 Å². The molecule has 0 radical (unpaired) electrons. The zero-order valence-corrected chi connectivity index (χ0v) is 10.2. The number of aromatic nitrogens is 2. The lowest BCUT2D eigenvalue weighted by Crippen LogP contribution is -2.34. The summed E-state index contributed by atoms with van der Waals surface area (Å²) in [4.78, 5) is 39.9. The van der Waals surface area contributed by atoms with Gasteiger partial charge in [0, 0.05) is 6.20 Å². The zero-order valence-electron chi connectivity index (χ0n) is 10.2. The number of carbonyl (C=O) groups excluding carboxylic acids is 1. The second-order valence-electron chi connectivity index (χ2n) is 3.95. The van der Waals surface area contributed by atoms with Crippen molar-refractivity contribution in [2.45, 2.75) is 6.04 Å². The van der Waals surface area contributed by atoms with E-state index in [-0.39, 0.29) is 5.69 Å². The SMILES string of the molecule is O=C(NC(C(=O)O)c1ccccc1)c1c[nH]c(=O)cn1. The number of hydrogen-bond acceptors (Lipinski definition) is 4. The molecule has 1 unspecified atom stereocenters. The molecule has 0 saturated heterocycles. The van der Waals surface area contributed by atoms with E-state index in [1.54, 1.807) is 30.3 Å². The van der Waals surface area contributed by atoms with Gasteiger partial charge in [-0.2, -0.15) is 0 Å². The van der Waals surface area contributed by atoms with Crippen molar-refractivity contribution in [3.8, 4) is 0 Å². The Morgan fingerprint density at radius 1 is 1.25 bits per heavy atom. The summed E-state index contributed by atoms with van der Waals surface area (Å²) in [6.07, 6.45) is 2.08. The van der Waals surface area contributed by atoms with Gasteiger partial charge < -0.3 is 15.4 Å². The van der Waals surface area contributed by atoms with E-state index < -0.39 is 23.5 Å². The first kappa shape index (κ1) is 13.5. The fourth-order valence-electron chi connectivity index (χ4n) is 1.60. The summed E-state index contributed by atoms with van der Waals surface area (Å²) in [5.74, 6) is -1.87. The van der Waals surface area contributed by atoms with Crippen LogP contribution in [-0.2, 0) is 4.79 Å². The van der Waals surface area contributed by atoms with E-state index in [1.807, 2.05) is 0 Å². The molecule has 0 aliphatic heterocycles. The Bertz CT molecular complexity index is 661. The Hall–Kier alpha value is -2.96. The quantitative estimate of drug-likeness (QED) is 0.743. The van der Waals surface area contributed by atoms with Crippen LogP contribution in [-0.4, -0.2) is 27.0 Å². The number of aliphatic carboxylic acids is 1. The predicted molar refractivity (Wildman–Crippen MR) is 69.1 cm³/mol. The highest BCUT2D eigenvalue weighted by Gasteiger charge is 2.22. The van der Waals surface area contributed by atoms with Gasteiger partial charge in [0.2, 0.25) is 0 Å². The van der Waals surface area contributed by atoms with Gasteiger partial charge in [-0.15, -0.1) is 0 Å². The van der Waals surface area contributed by atoms with Gasteiger partial charge in [-0.3, -0.25) is 9.59 Å². The maximum Gasteiger partial charge on any atom is 0.330 e. The van der Waals surface area contributed by atoms with E-state index in [0.717, 1.165) is 12.4 Å². The number of carboxylic acids is 1. The van der Waals surface area contributed by atoms with E-state index in [0.29, 0.717) is 5.56 Å². The van der Waals surface area contributed by atoms with Crippen LogP contribution in [0.2, 0.25) is 0 Å². The number of nitrogens with one attached hydrogen (secondary N) is 2. The number of rotatable bonds is 4. The Morgan fingerprint density at radius 3 is 2.50 bits per heavy atom. The fourth-order valence-corrected chi connectivity index (χ4v) is 1.60. The van der Waals surface area contributed by atoms with Crippen LogP contribution in [0.1, 0.15) is 22.1 Å². The van der Waals surface area contributed by atoms with Crippen LogP contribution in [0, 0.1) is 0 Å². The van der Waals surface area contributed by atoms with Gasteiger partial charge in [-0.05, 0) is 5.56 Å². The summed E-state index contributed by atoms with van der Waals surface area (Å²) in [6.45, 7) is 0. The first-order chi connectivity index (χ1) is 9.58. The molecule has 102 valence electrons. The second kappa shape index (κ2) is 5.79. The Morgan fingerprint density at radius 2 is 1.95 bits per heavy atom. The smallest absolute Gasteiger partial charge is 0.330 e. The molecule has 7 nitrogen and oxygen atoms in total. The van der Waals surface area contributed by atoms with Crippen molar-refractivity contribution in [2.24, 2.45) is 0 Å². The van der Waals surface area contributed by atoms with Gasteiger partial charge in [0.15, 0.2) is 6.04 Å². The highest BCUT2D eigenvalue weighted by Crippen LogP contribution is 2.13. The normalized spacial score (nSPS) is 11.6. The average molecular weight is 273 g/mol. The molecule has 0 saturated carbocycles. The minimum atomic E-state index is -1.19. The largest absolute Gasteiger partial charge is 0.479 e. The lowest BCUT2D eigenvalue weighted by Gasteiger charge is -2.14. The highest BCUT2D eigenvalue weighted by molar-refractivity contribution is 5.94. The molecule has 0 aliphatic rings. The molecule has 0 bridgehead atoms. The standard InChI is InChI=1S/C13H11N3O4/c17-10-7-14-9(6-15-10)12(18)16-11(13(19)20)8-4-2-1-3-5-8/h1-7,11H,(H,15,17)(H,16,18)(H,19,20). The summed E-state index contributed by atoms with van der Waals surface area (Å²) in [7, 11) is 0. The Labute approximate surface area is 113 Å². The molecule has 0 spiro atoms. The average Bonchev–Trinajstić information content (AvgIpc) is 2.46. The van der Waals surface area contributed by atoms with Crippen molar-refractivity contribution in [1.29, 1.82) is 0 Å². The monoisotopic (exact) mass is 273 g/mol. The summed E-state index contributed by atoms with van der Waals surface area (Å²) in [6, 6.07) is 7.11. The van der Waals surface area contributed by atoms with Crippen molar-refractivity contribution in [1.82, 2.24) is 15.3 Å². The van der Waals surface area contributed by atoms with Crippen LogP contribution in [0.15, 0.2) is 47.5 Å². The molecule has 0 fully saturated rings. The van der Waals surface area contributed by atoms with Crippen LogP contribution < -0.4 is 10.9 Å². The Balaban J connectivity index is 2.21. The number of H-pyrrole nitrogens is 1. The highest BCUT2D eigenvalue weighted by atomic mass is 16.4. The number of carbonyl (C=O) groups is 2. The minimum absolute atomic E-state index is 0.0632. The van der Waals surface area contributed by atoms with Crippen molar-refractivity contribution in [3.05, 3.63) is 64.3 Å². The molecular formula is C13H11N3O4. The molecule has 1 aromatic carbocycles. The third kappa shape index (κ3) is 3.08. The van der Waals surface area contributed by atoms with Crippen molar-refractivity contribution < 1.29 is 14.7 Å². The third-order valence-corrected chi connectivity index (χ3v) is 2.56. The molecule has 0 aliphatic carbocycles. The van der Waals surface area contributed by atoms with E-state index >= 15 is 0 Å². The third-order valence-electron chi connectivity index (χ3n) is 2.56. The van der Waals surface area contributed by atoms with Gasteiger partial charge in [-0.25, -0.2) is 9.78 Å². The molecule has 1 atom stereocenters. The van der Waals surface area contributed by atoms with Crippen LogP contribution in [0.25, 0.3) is 0 Å². The summed E-state index contributed by atoms with van der Waals surface area (Å²) >= 11 is 0. The van der Waals surface area contributed by atoms with Gasteiger partial charge in [0.1, 0.15) is 5.69 Å². The molecule has 2 rings (SSSR count). The molecule has 1 heterocycles.